The second-order valence-electron chi connectivity index (χ2n) is 10.3. The first kappa shape index (κ1) is 21.8. The van der Waals surface area contributed by atoms with Crippen LogP contribution in [0.25, 0.3) is 22.3 Å². The lowest BCUT2D eigenvalue weighted by atomic mass is 9.84. The third kappa shape index (κ3) is 4.48. The zero-order valence-electron chi connectivity index (χ0n) is 19.4. The number of nitrogens with one attached hydrogen (secondary N) is 1. The van der Waals surface area contributed by atoms with Crippen LogP contribution in [0, 0.1) is 12.3 Å². The molecule has 0 aliphatic heterocycles. The highest BCUT2D eigenvalue weighted by molar-refractivity contribution is 5.98. The molecule has 2 heteroatoms. The maximum atomic E-state index is 8.03. The zero-order chi connectivity index (χ0) is 22.3. The van der Waals surface area contributed by atoms with Crippen molar-refractivity contribution in [3.8, 4) is 22.3 Å². The van der Waals surface area contributed by atoms with E-state index in [9.17, 15) is 0 Å². The molecule has 156 valence electrons. The summed E-state index contributed by atoms with van der Waals surface area (Å²) in [6.45, 7) is 15.5. The van der Waals surface area contributed by atoms with Crippen molar-refractivity contribution in [1.82, 2.24) is 0 Å². The molecular weight excluding hydrogens is 364 g/mol. The summed E-state index contributed by atoms with van der Waals surface area (Å²) < 4.78 is 0. The third-order valence-electron chi connectivity index (χ3n) is 5.84. The first-order valence-corrected chi connectivity index (χ1v) is 10.6. The van der Waals surface area contributed by atoms with Crippen LogP contribution in [-0.4, -0.2) is 5.84 Å². The Kier molecular flexibility index (Phi) is 5.64. The molecular formula is C28H34N2. The molecule has 0 aliphatic rings. The van der Waals surface area contributed by atoms with Crippen LogP contribution in [0.2, 0.25) is 0 Å². The molecule has 0 amide bonds. The van der Waals surface area contributed by atoms with Gasteiger partial charge >= 0.3 is 0 Å². The Morgan fingerprint density at radius 2 is 1.00 bits per heavy atom. The summed E-state index contributed by atoms with van der Waals surface area (Å²) in [6, 6.07) is 21.6. The van der Waals surface area contributed by atoms with E-state index in [0.29, 0.717) is 0 Å². The Morgan fingerprint density at radius 1 is 0.667 bits per heavy atom. The molecule has 0 atom stereocenters. The Bertz CT molecular complexity index is 979. The number of rotatable bonds is 3. The summed E-state index contributed by atoms with van der Waals surface area (Å²) in [5.41, 5.74) is 15.3. The topological polar surface area (TPSA) is 49.9 Å². The highest BCUT2D eigenvalue weighted by atomic mass is 14.7. The van der Waals surface area contributed by atoms with Crippen molar-refractivity contribution in [1.29, 1.82) is 5.41 Å². The maximum absolute atomic E-state index is 8.03. The van der Waals surface area contributed by atoms with Gasteiger partial charge in [-0.3, -0.25) is 5.41 Å². The largest absolute Gasteiger partial charge is 0.384 e. The number of hydrogen-bond donors (Lipinski definition) is 2. The smallest absolute Gasteiger partial charge is 0.122 e. The zero-order valence-corrected chi connectivity index (χ0v) is 19.4. The van der Waals surface area contributed by atoms with Gasteiger partial charge < -0.3 is 5.73 Å². The van der Waals surface area contributed by atoms with E-state index < -0.39 is 0 Å². The summed E-state index contributed by atoms with van der Waals surface area (Å²) in [5, 5.41) is 8.03. The van der Waals surface area contributed by atoms with E-state index in [1.54, 1.807) is 0 Å². The molecule has 0 unspecified atom stereocenters. The predicted octanol–water partition coefficient (Wildman–Crippen LogP) is 7.21. The van der Waals surface area contributed by atoms with Crippen LogP contribution in [-0.2, 0) is 10.8 Å². The minimum absolute atomic E-state index is 0.0927. The van der Waals surface area contributed by atoms with Crippen LogP contribution in [0.5, 0.6) is 0 Å². The van der Waals surface area contributed by atoms with Crippen LogP contribution in [0.3, 0.4) is 0 Å². The van der Waals surface area contributed by atoms with E-state index in [1.807, 2.05) is 12.1 Å². The Hall–Kier alpha value is -2.87. The standard InChI is InChI=1S/C28H34N2/c1-18-24(19-8-12-22(13-9-19)27(2,3)4)16-21(26(29)30)17-25(18)20-10-14-23(15-11-20)28(5,6)7/h8-17H,1-7H3,(H3,29,30). The second-order valence-corrected chi connectivity index (χ2v) is 10.3. The molecule has 0 fully saturated rings. The quantitative estimate of drug-likeness (QED) is 0.355. The van der Waals surface area contributed by atoms with Gasteiger partial charge in [-0.25, -0.2) is 0 Å². The minimum Gasteiger partial charge on any atom is -0.384 e. The maximum Gasteiger partial charge on any atom is 0.122 e. The molecule has 0 radical (unpaired) electrons. The molecule has 0 heterocycles. The highest BCUT2D eigenvalue weighted by Crippen LogP contribution is 2.35. The summed E-state index contributed by atoms with van der Waals surface area (Å²) in [7, 11) is 0. The van der Waals surface area contributed by atoms with Crippen LogP contribution in [0.15, 0.2) is 60.7 Å². The van der Waals surface area contributed by atoms with Crippen LogP contribution in [0.1, 0.15) is 63.8 Å². The van der Waals surface area contributed by atoms with E-state index in [2.05, 4.69) is 97.0 Å². The molecule has 3 aromatic rings. The Morgan fingerprint density at radius 3 is 1.27 bits per heavy atom. The monoisotopic (exact) mass is 398 g/mol. The SMILES string of the molecule is Cc1c(-c2ccc(C(C)(C)C)cc2)cc(C(=N)N)cc1-c1ccc(C(C)(C)C)cc1. The molecule has 0 bridgehead atoms. The van der Waals surface area contributed by atoms with Crippen molar-refractivity contribution in [2.24, 2.45) is 5.73 Å². The van der Waals surface area contributed by atoms with Crippen LogP contribution >= 0.6 is 0 Å². The second kappa shape index (κ2) is 7.75. The normalized spacial score (nSPS) is 12.1. The van der Waals surface area contributed by atoms with Gasteiger partial charge in [-0.1, -0.05) is 90.1 Å². The lowest BCUT2D eigenvalue weighted by Crippen LogP contribution is -2.12. The van der Waals surface area contributed by atoms with Gasteiger partial charge in [0.1, 0.15) is 5.84 Å². The number of nitrogen functional groups attached to an aromatic ring is 1. The fourth-order valence-electron chi connectivity index (χ4n) is 3.77. The molecule has 0 aliphatic carbocycles. The van der Waals surface area contributed by atoms with Crippen molar-refractivity contribution < 1.29 is 0 Å². The van der Waals surface area contributed by atoms with Crippen molar-refractivity contribution in [3.05, 3.63) is 82.9 Å². The van der Waals surface area contributed by atoms with E-state index >= 15 is 0 Å². The third-order valence-corrected chi connectivity index (χ3v) is 5.84. The van der Waals surface area contributed by atoms with E-state index in [4.69, 9.17) is 11.1 Å². The highest BCUT2D eigenvalue weighted by Gasteiger charge is 2.17. The van der Waals surface area contributed by atoms with E-state index in [0.717, 1.165) is 27.8 Å². The lowest BCUT2D eigenvalue weighted by molar-refractivity contribution is 0.590. The summed E-state index contributed by atoms with van der Waals surface area (Å²) in [4.78, 5) is 0. The van der Waals surface area contributed by atoms with Crippen molar-refractivity contribution >= 4 is 5.84 Å². The van der Waals surface area contributed by atoms with Crippen molar-refractivity contribution in [2.75, 3.05) is 0 Å². The van der Waals surface area contributed by atoms with Gasteiger partial charge in [0.2, 0.25) is 0 Å². The number of benzene rings is 3. The van der Waals surface area contributed by atoms with Gasteiger partial charge in [-0.2, -0.15) is 0 Å². The van der Waals surface area contributed by atoms with Crippen molar-refractivity contribution in [3.63, 3.8) is 0 Å². The lowest BCUT2D eigenvalue weighted by Gasteiger charge is -2.21. The van der Waals surface area contributed by atoms with Gasteiger partial charge in [-0.05, 0) is 68.8 Å². The number of nitrogens with two attached hydrogens (primary N) is 1. The first-order chi connectivity index (χ1) is 13.9. The molecule has 0 saturated heterocycles. The summed E-state index contributed by atoms with van der Waals surface area (Å²) in [6.07, 6.45) is 0. The fourth-order valence-corrected chi connectivity index (χ4v) is 3.77. The molecule has 2 nitrogen and oxygen atoms in total. The molecule has 3 N–H and O–H groups in total. The van der Waals surface area contributed by atoms with Gasteiger partial charge in [0.15, 0.2) is 0 Å². The minimum atomic E-state index is 0.0927. The van der Waals surface area contributed by atoms with E-state index in [1.165, 1.54) is 16.7 Å². The number of amidine groups is 1. The van der Waals surface area contributed by atoms with Crippen molar-refractivity contribution in [2.45, 2.75) is 59.3 Å². The first-order valence-electron chi connectivity index (χ1n) is 10.6. The molecule has 0 aromatic heterocycles. The molecule has 0 saturated carbocycles. The average Bonchev–Trinajstić information content (AvgIpc) is 2.67. The Labute approximate surface area is 181 Å². The molecule has 30 heavy (non-hydrogen) atoms. The van der Waals surface area contributed by atoms with Crippen LogP contribution in [0.4, 0.5) is 0 Å². The van der Waals surface area contributed by atoms with Gasteiger partial charge in [0.05, 0.1) is 0 Å². The summed E-state index contributed by atoms with van der Waals surface area (Å²) >= 11 is 0. The summed E-state index contributed by atoms with van der Waals surface area (Å²) in [5.74, 6) is 0.0927. The molecule has 0 spiro atoms. The van der Waals surface area contributed by atoms with Gasteiger partial charge in [-0.15, -0.1) is 0 Å². The average molecular weight is 399 g/mol. The van der Waals surface area contributed by atoms with Gasteiger partial charge in [0, 0.05) is 5.56 Å². The molecule has 3 rings (SSSR count). The Balaban J connectivity index is 2.14. The predicted molar refractivity (Wildman–Crippen MR) is 130 cm³/mol. The van der Waals surface area contributed by atoms with E-state index in [-0.39, 0.29) is 16.7 Å². The van der Waals surface area contributed by atoms with Gasteiger partial charge in [0.25, 0.3) is 0 Å². The number of hydrogen-bond acceptors (Lipinski definition) is 1. The molecule has 3 aromatic carbocycles. The fraction of sp³-hybridized carbons (Fsp3) is 0.321. The van der Waals surface area contributed by atoms with Crippen LogP contribution < -0.4 is 5.73 Å².